The van der Waals surface area contributed by atoms with Crippen molar-refractivity contribution in [1.82, 2.24) is 5.32 Å². The van der Waals surface area contributed by atoms with Gasteiger partial charge in [0.25, 0.3) is 0 Å². The summed E-state index contributed by atoms with van der Waals surface area (Å²) in [6.45, 7) is -0.402. The highest BCUT2D eigenvalue weighted by Crippen LogP contribution is 2.20. The smallest absolute Gasteiger partial charge is 0.394 e. The van der Waals surface area contributed by atoms with E-state index in [2.05, 4.69) is 10.1 Å². The molecule has 0 saturated carbocycles. The summed E-state index contributed by atoms with van der Waals surface area (Å²) in [5, 5.41) is 12.1. The Morgan fingerprint density at radius 1 is 1.29 bits per heavy atom. The third-order valence-corrected chi connectivity index (χ3v) is 2.88. The molecule has 21 heavy (non-hydrogen) atoms. The second kappa shape index (κ2) is 7.42. The van der Waals surface area contributed by atoms with E-state index in [-0.39, 0.29) is 19.6 Å². The number of aliphatic hydroxyl groups is 1. The molecule has 0 saturated heterocycles. The van der Waals surface area contributed by atoms with E-state index in [0.717, 1.165) is 0 Å². The molecule has 0 aromatic heterocycles. The Morgan fingerprint density at radius 3 is 2.43 bits per heavy atom. The van der Waals surface area contributed by atoms with Crippen molar-refractivity contribution in [2.24, 2.45) is 0 Å². The van der Waals surface area contributed by atoms with Gasteiger partial charge in [-0.25, -0.2) is 0 Å². The largest absolute Gasteiger partial charge is 0.411 e. The van der Waals surface area contributed by atoms with Crippen molar-refractivity contribution in [1.29, 1.82) is 0 Å². The maximum Gasteiger partial charge on any atom is 0.411 e. The van der Waals surface area contributed by atoms with E-state index in [4.69, 9.17) is 0 Å². The number of benzene rings is 1. The molecule has 0 spiro atoms. The van der Waals surface area contributed by atoms with Crippen LogP contribution in [0.1, 0.15) is 18.9 Å². The van der Waals surface area contributed by atoms with Gasteiger partial charge in [-0.1, -0.05) is 30.3 Å². The molecule has 118 valence electrons. The molecule has 0 bridgehead atoms. The number of amides is 1. The fourth-order valence-electron chi connectivity index (χ4n) is 1.73. The Bertz CT molecular complexity index is 451. The van der Waals surface area contributed by atoms with Crippen LogP contribution < -0.4 is 5.32 Å². The first-order valence-electron chi connectivity index (χ1n) is 6.39. The second-order valence-electron chi connectivity index (χ2n) is 4.82. The van der Waals surface area contributed by atoms with Crippen LogP contribution in [0, 0.1) is 0 Å². The van der Waals surface area contributed by atoms with Gasteiger partial charge in [-0.15, -0.1) is 0 Å². The minimum atomic E-state index is -4.40. The first-order chi connectivity index (χ1) is 9.77. The third-order valence-electron chi connectivity index (χ3n) is 2.88. The van der Waals surface area contributed by atoms with Crippen molar-refractivity contribution in [2.45, 2.75) is 25.1 Å². The van der Waals surface area contributed by atoms with E-state index < -0.39 is 24.2 Å². The highest BCUT2D eigenvalue weighted by molar-refractivity contribution is 5.77. The Morgan fingerprint density at radius 2 is 1.90 bits per heavy atom. The molecule has 0 aliphatic rings. The summed E-state index contributed by atoms with van der Waals surface area (Å²) in [5.41, 5.74) is -0.278. The van der Waals surface area contributed by atoms with E-state index in [1.54, 1.807) is 37.3 Å². The van der Waals surface area contributed by atoms with Crippen LogP contribution >= 0.6 is 0 Å². The monoisotopic (exact) mass is 305 g/mol. The zero-order valence-corrected chi connectivity index (χ0v) is 11.6. The summed E-state index contributed by atoms with van der Waals surface area (Å²) < 4.78 is 40.0. The van der Waals surface area contributed by atoms with Gasteiger partial charge >= 0.3 is 6.18 Å². The van der Waals surface area contributed by atoms with E-state index in [1.165, 1.54) is 0 Å². The molecule has 1 unspecified atom stereocenters. The summed E-state index contributed by atoms with van der Waals surface area (Å²) in [6, 6.07) is 8.82. The van der Waals surface area contributed by atoms with Crippen molar-refractivity contribution >= 4 is 5.91 Å². The summed E-state index contributed by atoms with van der Waals surface area (Å²) in [4.78, 5) is 11.7. The molecule has 1 aromatic carbocycles. The van der Waals surface area contributed by atoms with Gasteiger partial charge < -0.3 is 15.2 Å². The van der Waals surface area contributed by atoms with Crippen LogP contribution in [-0.4, -0.2) is 37.0 Å². The first kappa shape index (κ1) is 17.5. The Kier molecular flexibility index (Phi) is 6.17. The lowest BCUT2D eigenvalue weighted by Gasteiger charge is -2.29. The minimum Gasteiger partial charge on any atom is -0.394 e. The predicted molar refractivity (Wildman–Crippen MR) is 70.5 cm³/mol. The number of hydrogen-bond donors (Lipinski definition) is 2. The number of rotatable bonds is 7. The van der Waals surface area contributed by atoms with Crippen LogP contribution in [0.25, 0.3) is 0 Å². The number of ether oxygens (including phenoxy) is 1. The Labute approximate surface area is 120 Å². The van der Waals surface area contributed by atoms with Crippen LogP contribution in [0.2, 0.25) is 0 Å². The minimum absolute atomic E-state index is 0.210. The summed E-state index contributed by atoms with van der Waals surface area (Å²) >= 11 is 0. The van der Waals surface area contributed by atoms with E-state index >= 15 is 0 Å². The highest BCUT2D eigenvalue weighted by Gasteiger charge is 2.29. The van der Waals surface area contributed by atoms with E-state index in [0.29, 0.717) is 5.56 Å². The zero-order chi connectivity index (χ0) is 15.9. The maximum atomic E-state index is 11.9. The molecule has 0 heterocycles. The summed E-state index contributed by atoms with van der Waals surface area (Å²) in [7, 11) is 0. The molecule has 1 aromatic rings. The van der Waals surface area contributed by atoms with Gasteiger partial charge in [-0.05, 0) is 12.5 Å². The molecule has 2 N–H and O–H groups in total. The highest BCUT2D eigenvalue weighted by atomic mass is 19.4. The van der Waals surface area contributed by atoms with Crippen LogP contribution in [-0.2, 0) is 15.1 Å². The number of hydrogen-bond acceptors (Lipinski definition) is 3. The maximum absolute atomic E-state index is 11.9. The van der Waals surface area contributed by atoms with Gasteiger partial charge in [0.05, 0.1) is 18.8 Å². The molecule has 0 aliphatic heterocycles. The van der Waals surface area contributed by atoms with Crippen LogP contribution in [0.4, 0.5) is 13.2 Å². The van der Waals surface area contributed by atoms with Gasteiger partial charge in [0.2, 0.25) is 5.91 Å². The average molecular weight is 305 g/mol. The number of carbonyl (C=O) groups is 1. The third kappa shape index (κ3) is 6.14. The Balaban J connectivity index is 2.48. The van der Waals surface area contributed by atoms with E-state index in [1.807, 2.05) is 0 Å². The van der Waals surface area contributed by atoms with Crippen LogP contribution in [0.3, 0.4) is 0 Å². The molecular formula is C14H18F3NO3. The molecule has 4 nitrogen and oxygen atoms in total. The number of aliphatic hydroxyl groups excluding tert-OH is 1. The van der Waals surface area contributed by atoms with Crippen LogP contribution in [0.15, 0.2) is 30.3 Å². The molecule has 0 radical (unpaired) electrons. The lowest BCUT2D eigenvalue weighted by molar-refractivity contribution is -0.174. The van der Waals surface area contributed by atoms with E-state index in [9.17, 15) is 23.1 Å². The second-order valence-corrected chi connectivity index (χ2v) is 4.82. The van der Waals surface area contributed by atoms with Gasteiger partial charge in [-0.3, -0.25) is 4.79 Å². The molecular weight excluding hydrogens is 287 g/mol. The van der Waals surface area contributed by atoms with Gasteiger partial charge in [-0.2, -0.15) is 13.2 Å². The lowest BCUT2D eigenvalue weighted by atomic mass is 9.93. The molecule has 1 rings (SSSR count). The first-order valence-corrected chi connectivity index (χ1v) is 6.39. The molecule has 7 heteroatoms. The van der Waals surface area contributed by atoms with Gasteiger partial charge in [0.1, 0.15) is 6.61 Å². The SMILES string of the molecule is CC(CO)(NC(=O)CCOCC(F)(F)F)c1ccccc1. The standard InChI is InChI=1S/C14H18F3NO3/c1-13(9-19,11-5-3-2-4-6-11)18-12(20)7-8-21-10-14(15,16)17/h2-6,19H,7-10H2,1H3,(H,18,20). The number of alkyl halides is 3. The quantitative estimate of drug-likeness (QED) is 0.757. The number of carbonyl (C=O) groups excluding carboxylic acids is 1. The fourth-order valence-corrected chi connectivity index (χ4v) is 1.73. The topological polar surface area (TPSA) is 58.6 Å². The predicted octanol–water partition coefficient (Wildman–Crippen LogP) is 1.98. The average Bonchev–Trinajstić information content (AvgIpc) is 2.43. The van der Waals surface area contributed by atoms with Crippen molar-refractivity contribution < 1.29 is 27.8 Å². The van der Waals surface area contributed by atoms with Crippen molar-refractivity contribution in [2.75, 3.05) is 19.8 Å². The van der Waals surface area contributed by atoms with Gasteiger partial charge in [0.15, 0.2) is 0 Å². The van der Waals surface area contributed by atoms with Gasteiger partial charge in [0, 0.05) is 6.42 Å². The normalized spacial score (nSPS) is 14.5. The fraction of sp³-hybridized carbons (Fsp3) is 0.500. The summed E-state index contributed by atoms with van der Waals surface area (Å²) in [6.07, 6.45) is -4.61. The zero-order valence-electron chi connectivity index (χ0n) is 11.6. The molecule has 0 aliphatic carbocycles. The molecule has 1 atom stereocenters. The molecule has 1 amide bonds. The number of nitrogens with one attached hydrogen (secondary N) is 1. The summed E-state index contributed by atoms with van der Waals surface area (Å²) in [5.74, 6) is -0.488. The van der Waals surface area contributed by atoms with Crippen molar-refractivity contribution in [3.05, 3.63) is 35.9 Å². The Hall–Kier alpha value is -1.60. The lowest BCUT2D eigenvalue weighted by Crippen LogP contribution is -2.46. The number of halogens is 3. The van der Waals surface area contributed by atoms with Crippen molar-refractivity contribution in [3.63, 3.8) is 0 Å². The molecule has 0 fully saturated rings. The van der Waals surface area contributed by atoms with Crippen molar-refractivity contribution in [3.8, 4) is 0 Å². The van der Waals surface area contributed by atoms with Crippen LogP contribution in [0.5, 0.6) is 0 Å².